The second-order valence-corrected chi connectivity index (χ2v) is 9.83. The smallest absolute Gasteiger partial charge is 0.165 e. The number of anilines is 2. The van der Waals surface area contributed by atoms with Gasteiger partial charge in [-0.2, -0.15) is 0 Å². The van der Waals surface area contributed by atoms with Crippen molar-refractivity contribution in [2.75, 3.05) is 23.7 Å². The van der Waals surface area contributed by atoms with Gasteiger partial charge in [-0.25, -0.2) is 23.7 Å². The highest BCUT2D eigenvalue weighted by atomic mass is 19.2. The molecule has 0 aliphatic carbocycles. The third-order valence-electron chi connectivity index (χ3n) is 6.83. The molecule has 0 unspecified atom stereocenters. The molecule has 1 aromatic carbocycles. The number of hydrogen-bond donors (Lipinski definition) is 2. The van der Waals surface area contributed by atoms with E-state index in [0.717, 1.165) is 29.8 Å². The summed E-state index contributed by atoms with van der Waals surface area (Å²) in [6, 6.07) is 5.51. The summed E-state index contributed by atoms with van der Waals surface area (Å²) in [5.74, 6) is -1.75. The van der Waals surface area contributed by atoms with E-state index in [1.807, 2.05) is 24.5 Å². The van der Waals surface area contributed by atoms with Crippen LogP contribution >= 0.6 is 0 Å². The molecule has 0 bridgehead atoms. The Labute approximate surface area is 212 Å². The van der Waals surface area contributed by atoms with Crippen molar-refractivity contribution in [1.29, 1.82) is 0 Å². The molecule has 11 heteroatoms. The van der Waals surface area contributed by atoms with Crippen LogP contribution in [0, 0.1) is 17.6 Å². The van der Waals surface area contributed by atoms with Crippen LogP contribution in [-0.2, 0) is 11.3 Å². The van der Waals surface area contributed by atoms with E-state index in [-0.39, 0.29) is 17.5 Å². The Bertz CT molecular complexity index is 1490. The highest BCUT2D eigenvalue weighted by molar-refractivity contribution is 5.90. The van der Waals surface area contributed by atoms with Crippen LogP contribution in [-0.4, -0.2) is 48.9 Å². The van der Waals surface area contributed by atoms with Gasteiger partial charge in [0.25, 0.3) is 0 Å². The summed E-state index contributed by atoms with van der Waals surface area (Å²) < 4.78 is 29.4. The summed E-state index contributed by atoms with van der Waals surface area (Å²) in [6.45, 7) is 5.11. The molecule has 0 saturated carbocycles. The third-order valence-corrected chi connectivity index (χ3v) is 6.83. The van der Waals surface area contributed by atoms with Gasteiger partial charge >= 0.3 is 0 Å². The number of fused-ring (bicyclic) bond motifs is 1. The van der Waals surface area contributed by atoms with Gasteiger partial charge in [-0.05, 0) is 42.7 Å². The Hall–Kier alpha value is -3.99. The Morgan fingerprint density at radius 2 is 1.95 bits per heavy atom. The number of nitrogens with two attached hydrogens (primary N) is 2. The first-order valence-electron chi connectivity index (χ1n) is 12.1. The lowest BCUT2D eigenvalue weighted by molar-refractivity contribution is -0.127. The minimum Gasteiger partial charge on any atom is -0.382 e. The second kappa shape index (κ2) is 9.47. The largest absolute Gasteiger partial charge is 0.382 e. The first-order chi connectivity index (χ1) is 17.7. The molecule has 0 spiro atoms. The highest BCUT2D eigenvalue weighted by Crippen LogP contribution is 2.32. The van der Waals surface area contributed by atoms with E-state index in [9.17, 15) is 13.6 Å². The van der Waals surface area contributed by atoms with Gasteiger partial charge in [0.2, 0.25) is 0 Å². The summed E-state index contributed by atoms with van der Waals surface area (Å²) in [5.41, 5.74) is 15.2. The normalized spacial score (nSPS) is 18.1. The number of carbonyl (C=O) groups excluding carboxylic acids is 1. The van der Waals surface area contributed by atoms with Crippen LogP contribution in [0.4, 0.5) is 20.3 Å². The van der Waals surface area contributed by atoms with Gasteiger partial charge in [0.15, 0.2) is 28.9 Å². The van der Waals surface area contributed by atoms with Crippen LogP contribution in [0.1, 0.15) is 32.3 Å². The molecule has 0 radical (unpaired) electrons. The Kier molecular flexibility index (Phi) is 6.32. The van der Waals surface area contributed by atoms with Crippen molar-refractivity contribution in [3.8, 4) is 11.3 Å². The zero-order chi connectivity index (χ0) is 26.3. The van der Waals surface area contributed by atoms with E-state index in [2.05, 4.69) is 24.8 Å². The number of piperidine rings is 1. The van der Waals surface area contributed by atoms with Gasteiger partial charge in [-0.3, -0.25) is 9.78 Å². The minimum absolute atomic E-state index is 0.0258. The first kappa shape index (κ1) is 24.7. The number of halogens is 2. The minimum atomic E-state index is -0.966. The molecule has 1 aliphatic heterocycles. The van der Waals surface area contributed by atoms with Crippen LogP contribution in [0.3, 0.4) is 0 Å². The maximum atomic E-state index is 14.0. The maximum absolute atomic E-state index is 14.0. The Morgan fingerprint density at radius 1 is 1.14 bits per heavy atom. The number of imidazole rings is 1. The molecule has 9 nitrogen and oxygen atoms in total. The second-order valence-electron chi connectivity index (χ2n) is 9.83. The zero-order valence-electron chi connectivity index (χ0n) is 20.7. The average molecular weight is 507 g/mol. The SMILES string of the molecule is CC(C)C(=O)[C@@]1(N)CCCN(c2cnc(-c3ccc(F)c(F)c3)cc2Cn2cnc3c(N)ncnc32)C1. The molecule has 0 amide bonds. The topological polar surface area (TPSA) is 129 Å². The van der Waals surface area contributed by atoms with Gasteiger partial charge in [0.1, 0.15) is 11.8 Å². The number of ketones is 1. The van der Waals surface area contributed by atoms with Crippen LogP contribution < -0.4 is 16.4 Å². The van der Waals surface area contributed by atoms with Gasteiger partial charge in [-0.15, -0.1) is 0 Å². The number of nitrogens with zero attached hydrogens (tertiary/aromatic N) is 6. The van der Waals surface area contributed by atoms with Crippen molar-refractivity contribution in [2.24, 2.45) is 11.7 Å². The number of hydrogen-bond acceptors (Lipinski definition) is 8. The molecular formula is C26H28F2N8O. The van der Waals surface area contributed by atoms with Crippen molar-refractivity contribution in [1.82, 2.24) is 24.5 Å². The van der Waals surface area contributed by atoms with Crippen molar-refractivity contribution >= 4 is 28.5 Å². The standard InChI is InChI=1S/C26H28F2N8O/c1-15(2)23(37)26(30)6-3-7-35(12-26)21-10-31-20(16-4-5-18(27)19(28)8-16)9-17(21)11-36-14-34-22-24(29)32-13-33-25(22)36/h4-5,8-10,13-15H,3,6-7,11-12,30H2,1-2H3,(H2,29,32,33)/t26-/m1/s1. The van der Waals surface area contributed by atoms with E-state index in [0.29, 0.717) is 48.5 Å². The van der Waals surface area contributed by atoms with Crippen LogP contribution in [0.2, 0.25) is 0 Å². The molecule has 3 aromatic heterocycles. The molecule has 4 heterocycles. The highest BCUT2D eigenvalue weighted by Gasteiger charge is 2.40. The van der Waals surface area contributed by atoms with Crippen molar-refractivity contribution < 1.29 is 13.6 Å². The van der Waals surface area contributed by atoms with Gasteiger partial charge < -0.3 is 20.9 Å². The van der Waals surface area contributed by atoms with Gasteiger partial charge in [-0.1, -0.05) is 13.8 Å². The maximum Gasteiger partial charge on any atom is 0.165 e. The van der Waals surface area contributed by atoms with E-state index in [1.54, 1.807) is 12.5 Å². The molecule has 37 heavy (non-hydrogen) atoms. The van der Waals surface area contributed by atoms with E-state index < -0.39 is 17.2 Å². The molecule has 5 rings (SSSR count). The molecule has 4 aromatic rings. The fourth-order valence-electron chi connectivity index (χ4n) is 4.98. The van der Waals surface area contributed by atoms with Crippen LogP contribution in [0.25, 0.3) is 22.4 Å². The van der Waals surface area contributed by atoms with Crippen molar-refractivity contribution in [3.05, 3.63) is 60.3 Å². The predicted molar refractivity (Wildman–Crippen MR) is 137 cm³/mol. The summed E-state index contributed by atoms with van der Waals surface area (Å²) in [7, 11) is 0. The summed E-state index contributed by atoms with van der Waals surface area (Å²) >= 11 is 0. The van der Waals surface area contributed by atoms with E-state index in [1.165, 1.54) is 12.4 Å². The lowest BCUT2D eigenvalue weighted by Gasteiger charge is -2.41. The van der Waals surface area contributed by atoms with Crippen molar-refractivity contribution in [3.63, 3.8) is 0 Å². The Morgan fingerprint density at radius 3 is 2.70 bits per heavy atom. The number of benzene rings is 1. The molecule has 1 saturated heterocycles. The molecule has 1 aliphatic rings. The van der Waals surface area contributed by atoms with E-state index >= 15 is 0 Å². The molecule has 1 fully saturated rings. The summed E-state index contributed by atoms with van der Waals surface area (Å²) in [5, 5.41) is 0. The van der Waals surface area contributed by atoms with Gasteiger partial charge in [0.05, 0.1) is 36.0 Å². The predicted octanol–water partition coefficient (Wildman–Crippen LogP) is 3.32. The average Bonchev–Trinajstić information content (AvgIpc) is 3.29. The van der Waals surface area contributed by atoms with Crippen molar-refractivity contribution in [2.45, 2.75) is 38.8 Å². The zero-order valence-corrected chi connectivity index (χ0v) is 20.7. The number of aromatic nitrogens is 5. The fourth-order valence-corrected chi connectivity index (χ4v) is 4.98. The number of nitrogen functional groups attached to an aromatic ring is 1. The number of rotatable bonds is 6. The molecule has 1 atom stereocenters. The lowest BCUT2D eigenvalue weighted by atomic mass is 9.81. The summed E-state index contributed by atoms with van der Waals surface area (Å²) in [4.78, 5) is 32.3. The molecular weight excluding hydrogens is 478 g/mol. The lowest BCUT2D eigenvalue weighted by Crippen LogP contribution is -2.60. The van der Waals surface area contributed by atoms with Gasteiger partial charge in [0, 0.05) is 24.6 Å². The number of carbonyl (C=O) groups is 1. The van der Waals surface area contributed by atoms with Crippen LogP contribution in [0.15, 0.2) is 43.1 Å². The molecule has 192 valence electrons. The number of Topliss-reactive ketones (excluding diaryl/α,β-unsaturated/α-hetero) is 1. The number of pyridine rings is 1. The monoisotopic (exact) mass is 506 g/mol. The summed E-state index contributed by atoms with van der Waals surface area (Å²) in [6.07, 6.45) is 6.06. The Balaban J connectivity index is 1.58. The van der Waals surface area contributed by atoms with Crippen LogP contribution in [0.5, 0.6) is 0 Å². The fraction of sp³-hybridized carbons (Fsp3) is 0.346. The molecule has 4 N–H and O–H groups in total. The third kappa shape index (κ3) is 4.62. The van der Waals surface area contributed by atoms with E-state index in [4.69, 9.17) is 11.5 Å². The quantitative estimate of drug-likeness (QED) is 0.408. The first-order valence-corrected chi connectivity index (χ1v) is 12.1.